The van der Waals surface area contributed by atoms with Gasteiger partial charge in [-0.25, -0.2) is 12.8 Å². The zero-order valence-corrected chi connectivity index (χ0v) is 16.8. The fraction of sp³-hybridized carbons (Fsp3) is 0.312. The number of nitrogens with zero attached hydrogens (tertiary/aromatic N) is 5. The van der Waals surface area contributed by atoms with Crippen LogP contribution in [0.15, 0.2) is 27.6 Å². The summed E-state index contributed by atoms with van der Waals surface area (Å²) in [4.78, 5) is 12.3. The number of aromatic nitrogens is 5. The molecule has 1 aromatic carbocycles. The second-order valence-electron chi connectivity index (χ2n) is 6.29. The first-order valence-electron chi connectivity index (χ1n) is 8.41. The van der Waals surface area contributed by atoms with Gasteiger partial charge < -0.3 is 9.84 Å². The van der Waals surface area contributed by atoms with Gasteiger partial charge in [-0.3, -0.25) is 4.79 Å². The number of hydrogen-bond donors (Lipinski definition) is 2. The Bertz CT molecular complexity index is 1150. The highest BCUT2D eigenvalue weighted by atomic mass is 32.2. The van der Waals surface area contributed by atoms with Crippen molar-refractivity contribution in [3.05, 3.63) is 41.3 Å². The van der Waals surface area contributed by atoms with Crippen LogP contribution in [0.2, 0.25) is 0 Å². The summed E-state index contributed by atoms with van der Waals surface area (Å²) in [5.74, 6) is -0.897. The number of benzene rings is 1. The average Bonchev–Trinajstić information content (AvgIpc) is 3.21. The zero-order chi connectivity index (χ0) is 21.3. The van der Waals surface area contributed by atoms with E-state index in [1.807, 2.05) is 0 Å². The lowest BCUT2D eigenvalue weighted by Crippen LogP contribution is -2.41. The molecule has 3 aromatic rings. The Balaban J connectivity index is 1.79. The smallest absolute Gasteiger partial charge is 0.246 e. The van der Waals surface area contributed by atoms with E-state index in [1.54, 1.807) is 6.92 Å². The molecule has 2 N–H and O–H groups in total. The van der Waals surface area contributed by atoms with Crippen molar-refractivity contribution in [2.24, 2.45) is 0 Å². The summed E-state index contributed by atoms with van der Waals surface area (Å²) in [6.07, 6.45) is 0. The van der Waals surface area contributed by atoms with E-state index in [2.05, 4.69) is 30.7 Å². The SMILES string of the molecule is Cc1noc(C)c1S(=O)(=O)N[C@@H](C)C(=O)Nc1cc(-n2nnnc2C)ccc1F. The van der Waals surface area contributed by atoms with Gasteiger partial charge >= 0.3 is 0 Å². The minimum atomic E-state index is -4.07. The highest BCUT2D eigenvalue weighted by molar-refractivity contribution is 7.89. The van der Waals surface area contributed by atoms with Crippen molar-refractivity contribution in [1.82, 2.24) is 30.1 Å². The van der Waals surface area contributed by atoms with Gasteiger partial charge in [0, 0.05) is 0 Å². The summed E-state index contributed by atoms with van der Waals surface area (Å²) < 4.78 is 47.7. The van der Waals surface area contributed by atoms with Crippen LogP contribution in [0.1, 0.15) is 24.2 Å². The molecule has 11 nitrogen and oxygen atoms in total. The van der Waals surface area contributed by atoms with Gasteiger partial charge in [0.25, 0.3) is 0 Å². The molecule has 29 heavy (non-hydrogen) atoms. The molecular formula is C16H18FN7O4S. The van der Waals surface area contributed by atoms with E-state index >= 15 is 0 Å². The largest absolute Gasteiger partial charge is 0.360 e. The monoisotopic (exact) mass is 423 g/mol. The molecule has 0 saturated heterocycles. The number of carbonyl (C=O) groups is 1. The average molecular weight is 423 g/mol. The van der Waals surface area contributed by atoms with Gasteiger partial charge in [0.05, 0.1) is 17.4 Å². The molecule has 1 atom stereocenters. The van der Waals surface area contributed by atoms with E-state index in [1.165, 1.54) is 37.6 Å². The number of halogens is 1. The Kier molecular flexibility index (Phi) is 5.44. The quantitative estimate of drug-likeness (QED) is 0.598. The van der Waals surface area contributed by atoms with Crippen LogP contribution < -0.4 is 10.0 Å². The molecule has 2 heterocycles. The van der Waals surface area contributed by atoms with Crippen molar-refractivity contribution in [3.63, 3.8) is 0 Å². The molecule has 0 aliphatic rings. The first-order valence-corrected chi connectivity index (χ1v) is 9.89. The van der Waals surface area contributed by atoms with E-state index in [4.69, 9.17) is 4.52 Å². The zero-order valence-electron chi connectivity index (χ0n) is 16.0. The minimum Gasteiger partial charge on any atom is -0.360 e. The Morgan fingerprint density at radius 2 is 2.00 bits per heavy atom. The van der Waals surface area contributed by atoms with Gasteiger partial charge in [0.15, 0.2) is 11.6 Å². The van der Waals surface area contributed by atoms with E-state index in [0.29, 0.717) is 11.5 Å². The van der Waals surface area contributed by atoms with Crippen LogP contribution in [-0.4, -0.2) is 45.7 Å². The molecule has 0 aliphatic heterocycles. The van der Waals surface area contributed by atoms with E-state index in [-0.39, 0.29) is 22.0 Å². The molecule has 2 aromatic heterocycles. The number of amides is 1. The number of carbonyl (C=O) groups excluding carboxylic acids is 1. The van der Waals surface area contributed by atoms with Crippen molar-refractivity contribution < 1.29 is 22.1 Å². The molecule has 0 aliphatic carbocycles. The van der Waals surface area contributed by atoms with E-state index < -0.39 is 27.8 Å². The van der Waals surface area contributed by atoms with E-state index in [9.17, 15) is 17.6 Å². The molecular weight excluding hydrogens is 405 g/mol. The molecule has 0 radical (unpaired) electrons. The minimum absolute atomic E-state index is 0.0955. The van der Waals surface area contributed by atoms with Crippen LogP contribution >= 0.6 is 0 Å². The second kappa shape index (κ2) is 7.67. The number of tetrazole rings is 1. The molecule has 0 unspecified atom stereocenters. The Labute approximate surface area is 165 Å². The van der Waals surface area contributed by atoms with Crippen LogP contribution in [0.5, 0.6) is 0 Å². The van der Waals surface area contributed by atoms with Gasteiger partial charge in [-0.05, 0) is 56.3 Å². The standard InChI is InChI=1S/C16H18FN7O4S/c1-8-15(10(3)28-20-8)29(26,27)21-9(2)16(25)18-14-7-12(5-6-13(14)17)24-11(4)19-22-23-24/h5-7,9,21H,1-4H3,(H,18,25)/t9-/m0/s1. The van der Waals surface area contributed by atoms with Crippen LogP contribution in [0.3, 0.4) is 0 Å². The molecule has 1 amide bonds. The lowest BCUT2D eigenvalue weighted by molar-refractivity contribution is -0.117. The highest BCUT2D eigenvalue weighted by Crippen LogP contribution is 2.21. The fourth-order valence-electron chi connectivity index (χ4n) is 2.66. The molecule has 154 valence electrons. The summed E-state index contributed by atoms with van der Waals surface area (Å²) in [5.41, 5.74) is 0.442. The second-order valence-corrected chi connectivity index (χ2v) is 7.94. The Hall–Kier alpha value is -3.19. The number of nitrogens with one attached hydrogen (secondary N) is 2. The number of rotatable bonds is 6. The molecule has 0 saturated carbocycles. The lowest BCUT2D eigenvalue weighted by Gasteiger charge is -2.15. The summed E-state index contributed by atoms with van der Waals surface area (Å²) in [6.45, 7) is 5.91. The lowest BCUT2D eigenvalue weighted by atomic mass is 10.2. The van der Waals surface area contributed by atoms with Crippen molar-refractivity contribution in [3.8, 4) is 5.69 Å². The number of aryl methyl sites for hydroxylation is 3. The van der Waals surface area contributed by atoms with Gasteiger partial charge in [0.2, 0.25) is 15.9 Å². The third-order valence-corrected chi connectivity index (χ3v) is 5.82. The highest BCUT2D eigenvalue weighted by Gasteiger charge is 2.28. The predicted molar refractivity (Wildman–Crippen MR) is 98.2 cm³/mol. The predicted octanol–water partition coefficient (Wildman–Crippen LogP) is 1.02. The molecule has 13 heteroatoms. The van der Waals surface area contributed by atoms with Crippen LogP contribution in [0, 0.1) is 26.6 Å². The Morgan fingerprint density at radius 3 is 2.59 bits per heavy atom. The number of anilines is 1. The summed E-state index contributed by atoms with van der Waals surface area (Å²) in [6, 6.07) is 2.72. The first-order chi connectivity index (χ1) is 13.6. The third-order valence-electron chi connectivity index (χ3n) is 4.04. The van der Waals surface area contributed by atoms with Crippen LogP contribution in [0.25, 0.3) is 5.69 Å². The van der Waals surface area contributed by atoms with Crippen LogP contribution in [0.4, 0.5) is 10.1 Å². The molecule has 0 spiro atoms. The molecule has 3 rings (SSSR count). The number of hydrogen-bond acceptors (Lipinski definition) is 8. The van der Waals surface area contributed by atoms with Gasteiger partial charge in [-0.15, -0.1) is 5.10 Å². The molecule has 0 fully saturated rings. The van der Waals surface area contributed by atoms with Gasteiger partial charge in [-0.2, -0.15) is 9.40 Å². The fourth-order valence-corrected chi connectivity index (χ4v) is 4.19. The normalized spacial score (nSPS) is 12.7. The summed E-state index contributed by atoms with van der Waals surface area (Å²) in [5, 5.41) is 17.0. The van der Waals surface area contributed by atoms with Crippen molar-refractivity contribution >= 4 is 21.6 Å². The molecule has 0 bridgehead atoms. The van der Waals surface area contributed by atoms with Gasteiger partial charge in [0.1, 0.15) is 16.4 Å². The maximum absolute atomic E-state index is 14.2. The summed E-state index contributed by atoms with van der Waals surface area (Å²) in [7, 11) is -4.07. The van der Waals surface area contributed by atoms with E-state index in [0.717, 1.165) is 6.07 Å². The third kappa shape index (κ3) is 4.14. The van der Waals surface area contributed by atoms with Crippen molar-refractivity contribution in [1.29, 1.82) is 0 Å². The topological polar surface area (TPSA) is 145 Å². The maximum Gasteiger partial charge on any atom is 0.246 e. The Morgan fingerprint density at radius 1 is 1.28 bits per heavy atom. The van der Waals surface area contributed by atoms with Crippen LogP contribution in [-0.2, 0) is 14.8 Å². The first kappa shape index (κ1) is 20.5. The van der Waals surface area contributed by atoms with Crippen molar-refractivity contribution in [2.75, 3.05) is 5.32 Å². The maximum atomic E-state index is 14.2. The van der Waals surface area contributed by atoms with Gasteiger partial charge in [-0.1, -0.05) is 5.16 Å². The summed E-state index contributed by atoms with van der Waals surface area (Å²) >= 11 is 0. The number of sulfonamides is 1. The van der Waals surface area contributed by atoms with Crippen molar-refractivity contribution in [2.45, 2.75) is 38.6 Å².